The van der Waals surface area contributed by atoms with E-state index in [1.165, 1.54) is 19.1 Å². The summed E-state index contributed by atoms with van der Waals surface area (Å²) in [6.45, 7) is 1.44. The summed E-state index contributed by atoms with van der Waals surface area (Å²) in [6, 6.07) is 6.87. The average Bonchev–Trinajstić information content (AvgIpc) is 3.07. The summed E-state index contributed by atoms with van der Waals surface area (Å²) >= 11 is 0. The van der Waals surface area contributed by atoms with Crippen molar-refractivity contribution in [1.29, 1.82) is 0 Å². The number of alkyl halides is 3. The Morgan fingerprint density at radius 2 is 1.83 bits per heavy atom. The molecule has 3 aromatic rings. The monoisotopic (exact) mass is 424 g/mol. The van der Waals surface area contributed by atoms with Crippen molar-refractivity contribution in [2.75, 3.05) is 5.43 Å². The van der Waals surface area contributed by atoms with E-state index in [0.717, 1.165) is 18.2 Å². The maximum absolute atomic E-state index is 13.1. The smallest absolute Gasteiger partial charge is 0.360 e. The minimum Gasteiger partial charge on any atom is -0.360 e. The number of carbonyl (C=O) groups excluding carboxylic acids is 1. The number of nitrogens with one attached hydrogen (secondary N) is 2. The molecule has 3 rings (SSSR count). The molecule has 0 aliphatic heterocycles. The lowest BCUT2D eigenvalue weighted by Gasteiger charge is -2.11. The fourth-order valence-corrected chi connectivity index (χ4v) is 2.60. The Bertz CT molecular complexity index is 1110. The van der Waals surface area contributed by atoms with Gasteiger partial charge in [0.2, 0.25) is 0 Å². The normalized spacial score (nSPS) is 11.2. The maximum atomic E-state index is 13.1. The number of aryl methyl sites for hydroxylation is 1. The van der Waals surface area contributed by atoms with Crippen molar-refractivity contribution in [3.8, 4) is 11.3 Å². The number of hydrogen-bond acceptors (Lipinski definition) is 6. The van der Waals surface area contributed by atoms with Gasteiger partial charge in [0.05, 0.1) is 10.5 Å². The molecule has 30 heavy (non-hydrogen) atoms. The van der Waals surface area contributed by atoms with E-state index in [-0.39, 0.29) is 22.7 Å². The first kappa shape index (κ1) is 20.8. The van der Waals surface area contributed by atoms with Crippen LogP contribution in [0.1, 0.15) is 21.7 Å². The van der Waals surface area contributed by atoms with Crippen LogP contribution in [0.5, 0.6) is 0 Å². The number of rotatable bonds is 5. The molecule has 2 aromatic carbocycles. The van der Waals surface area contributed by atoms with Crippen LogP contribution in [0.3, 0.4) is 0 Å². The van der Waals surface area contributed by atoms with E-state index in [1.54, 1.807) is 0 Å². The van der Waals surface area contributed by atoms with Crippen LogP contribution in [0.15, 0.2) is 47.0 Å². The summed E-state index contributed by atoms with van der Waals surface area (Å²) in [5, 5.41) is 14.9. The highest BCUT2D eigenvalue weighted by molar-refractivity contribution is 6.01. The summed E-state index contributed by atoms with van der Waals surface area (Å²) in [6.07, 6.45) is -4.77. The third kappa shape index (κ3) is 4.21. The lowest BCUT2D eigenvalue weighted by molar-refractivity contribution is -0.384. The number of nitro groups is 1. The maximum Gasteiger partial charge on any atom is 0.416 e. The first-order valence-corrected chi connectivity index (χ1v) is 8.22. The van der Waals surface area contributed by atoms with Crippen molar-refractivity contribution < 1.29 is 31.8 Å². The molecule has 156 valence electrons. The molecule has 8 nitrogen and oxygen atoms in total. The van der Waals surface area contributed by atoms with Crippen molar-refractivity contribution in [2.24, 2.45) is 0 Å². The zero-order valence-electron chi connectivity index (χ0n) is 15.1. The molecule has 0 fully saturated rings. The highest BCUT2D eigenvalue weighted by atomic mass is 19.4. The molecule has 1 amide bonds. The van der Waals surface area contributed by atoms with Gasteiger partial charge < -0.3 is 4.52 Å². The van der Waals surface area contributed by atoms with E-state index in [2.05, 4.69) is 16.0 Å². The number of anilines is 1. The van der Waals surface area contributed by atoms with Gasteiger partial charge >= 0.3 is 6.18 Å². The molecule has 0 aliphatic rings. The Balaban J connectivity index is 1.86. The average molecular weight is 424 g/mol. The molecule has 0 unspecified atom stereocenters. The van der Waals surface area contributed by atoms with Gasteiger partial charge in [-0.1, -0.05) is 5.16 Å². The molecule has 0 radical (unpaired) electrons. The molecule has 0 spiro atoms. The van der Waals surface area contributed by atoms with Crippen LogP contribution in [-0.2, 0) is 6.18 Å². The number of hydrogen-bond donors (Lipinski definition) is 2. The first-order valence-electron chi connectivity index (χ1n) is 8.22. The zero-order chi connectivity index (χ0) is 22.1. The molecule has 12 heteroatoms. The number of carbonyl (C=O) groups is 1. The lowest BCUT2D eigenvalue weighted by Crippen LogP contribution is -2.30. The largest absolute Gasteiger partial charge is 0.416 e. The standard InChI is InChI=1S/C18H12F4N4O4/c1-9-15(16(25-30-9)10-2-5-12(19)6-3-10)17(27)24-23-13-7-4-11(18(20,21)22)8-14(13)26(28)29/h2-8,23H,1H3,(H,24,27). The fraction of sp³-hybridized carbons (Fsp3) is 0.111. The number of aromatic nitrogens is 1. The van der Waals surface area contributed by atoms with Crippen molar-refractivity contribution in [1.82, 2.24) is 10.6 Å². The summed E-state index contributed by atoms with van der Waals surface area (Å²) in [5.41, 5.74) is 2.38. The van der Waals surface area contributed by atoms with Crippen molar-refractivity contribution in [2.45, 2.75) is 13.1 Å². The Hall–Kier alpha value is -3.96. The predicted octanol–water partition coefficient (Wildman–Crippen LogP) is 4.47. The number of benzene rings is 2. The Morgan fingerprint density at radius 3 is 2.43 bits per heavy atom. The van der Waals surface area contributed by atoms with Gasteiger partial charge in [-0.05, 0) is 43.3 Å². The fourth-order valence-electron chi connectivity index (χ4n) is 2.60. The molecule has 0 bridgehead atoms. The number of hydrazine groups is 1. The first-order chi connectivity index (χ1) is 14.1. The van der Waals surface area contributed by atoms with E-state index in [1.807, 2.05) is 0 Å². The predicted molar refractivity (Wildman–Crippen MR) is 95.8 cm³/mol. The van der Waals surface area contributed by atoms with Crippen LogP contribution in [0, 0.1) is 22.9 Å². The third-order valence-corrected chi connectivity index (χ3v) is 4.04. The molecule has 0 saturated carbocycles. The zero-order valence-corrected chi connectivity index (χ0v) is 15.1. The molecular weight excluding hydrogens is 412 g/mol. The van der Waals surface area contributed by atoms with Crippen molar-refractivity contribution in [3.05, 3.63) is 75.3 Å². The van der Waals surface area contributed by atoms with Crippen LogP contribution in [0.4, 0.5) is 28.9 Å². The quantitative estimate of drug-likeness (QED) is 0.355. The summed E-state index contributed by atoms with van der Waals surface area (Å²) in [4.78, 5) is 22.7. The number of nitrogens with zero attached hydrogens (tertiary/aromatic N) is 2. The third-order valence-electron chi connectivity index (χ3n) is 4.04. The van der Waals surface area contributed by atoms with Gasteiger partial charge in [0.1, 0.15) is 28.5 Å². The number of halogens is 4. The molecule has 0 aliphatic carbocycles. The van der Waals surface area contributed by atoms with E-state index in [4.69, 9.17) is 4.52 Å². The Morgan fingerprint density at radius 1 is 1.17 bits per heavy atom. The number of amides is 1. The second-order valence-electron chi connectivity index (χ2n) is 6.04. The molecule has 1 aromatic heterocycles. The summed E-state index contributed by atoms with van der Waals surface area (Å²) in [5.74, 6) is -1.21. The second kappa shape index (κ2) is 7.81. The van der Waals surface area contributed by atoms with E-state index in [0.29, 0.717) is 17.7 Å². The molecule has 0 saturated heterocycles. The summed E-state index contributed by atoms with van der Waals surface area (Å²) < 4.78 is 56.5. The van der Waals surface area contributed by atoms with Gasteiger partial charge in [-0.25, -0.2) is 4.39 Å². The topological polar surface area (TPSA) is 110 Å². The van der Waals surface area contributed by atoms with Gasteiger partial charge in [0.25, 0.3) is 11.6 Å². The Labute approximate surface area is 165 Å². The minimum absolute atomic E-state index is 0.0383. The SMILES string of the molecule is Cc1onc(-c2ccc(F)cc2)c1C(=O)NNc1ccc(C(F)(F)F)cc1[N+](=O)[O-]. The van der Waals surface area contributed by atoms with Gasteiger partial charge in [-0.2, -0.15) is 13.2 Å². The summed E-state index contributed by atoms with van der Waals surface area (Å²) in [7, 11) is 0. The van der Waals surface area contributed by atoms with Crippen LogP contribution in [-0.4, -0.2) is 16.0 Å². The molecule has 0 atom stereocenters. The number of nitro benzene ring substituents is 1. The lowest BCUT2D eigenvalue weighted by atomic mass is 10.1. The van der Waals surface area contributed by atoms with Crippen LogP contribution >= 0.6 is 0 Å². The van der Waals surface area contributed by atoms with E-state index < -0.39 is 34.1 Å². The molecular formula is C18H12F4N4O4. The molecule has 1 heterocycles. The van der Waals surface area contributed by atoms with Crippen molar-refractivity contribution >= 4 is 17.3 Å². The highest BCUT2D eigenvalue weighted by Gasteiger charge is 2.33. The van der Waals surface area contributed by atoms with Crippen LogP contribution < -0.4 is 10.9 Å². The van der Waals surface area contributed by atoms with E-state index >= 15 is 0 Å². The molecule has 2 N–H and O–H groups in total. The van der Waals surface area contributed by atoms with Gasteiger partial charge in [0, 0.05) is 11.6 Å². The second-order valence-corrected chi connectivity index (χ2v) is 6.04. The van der Waals surface area contributed by atoms with Crippen LogP contribution in [0.2, 0.25) is 0 Å². The van der Waals surface area contributed by atoms with Crippen molar-refractivity contribution in [3.63, 3.8) is 0 Å². The van der Waals surface area contributed by atoms with Gasteiger partial charge in [-0.15, -0.1) is 0 Å². The minimum atomic E-state index is -4.77. The van der Waals surface area contributed by atoms with E-state index in [9.17, 15) is 32.5 Å². The Kier molecular flexibility index (Phi) is 5.41. The van der Waals surface area contributed by atoms with Gasteiger partial charge in [-0.3, -0.25) is 25.8 Å². The van der Waals surface area contributed by atoms with Crippen LogP contribution in [0.25, 0.3) is 11.3 Å². The van der Waals surface area contributed by atoms with Gasteiger partial charge in [0.15, 0.2) is 0 Å². The highest BCUT2D eigenvalue weighted by Crippen LogP contribution is 2.34.